The zero-order valence-electron chi connectivity index (χ0n) is 15.3. The van der Waals surface area contributed by atoms with Crippen LogP contribution in [0.4, 0.5) is 0 Å². The van der Waals surface area contributed by atoms with Gasteiger partial charge in [-0.15, -0.1) is 0 Å². The van der Waals surface area contributed by atoms with E-state index in [0.717, 1.165) is 5.56 Å². The molecule has 0 spiro atoms. The monoisotopic (exact) mass is 378 g/mol. The lowest BCUT2D eigenvalue weighted by atomic mass is 9.79. The van der Waals surface area contributed by atoms with Gasteiger partial charge in [-0.3, -0.25) is 0 Å². The van der Waals surface area contributed by atoms with Gasteiger partial charge in [0.1, 0.15) is 0 Å². The van der Waals surface area contributed by atoms with Crippen molar-refractivity contribution in [3.05, 3.63) is 103 Å². The van der Waals surface area contributed by atoms with Crippen molar-refractivity contribution in [2.75, 3.05) is 0 Å². The van der Waals surface area contributed by atoms with Crippen molar-refractivity contribution in [3.63, 3.8) is 0 Å². The molecular weight excluding hydrogens is 359 g/mol. The van der Waals surface area contributed by atoms with E-state index in [4.69, 9.17) is 0 Å². The van der Waals surface area contributed by atoms with Crippen LogP contribution < -0.4 is 26.2 Å². The number of rotatable bonds is 3. The number of hydrogen-bond acceptors (Lipinski definition) is 2. The highest BCUT2D eigenvalue weighted by atomic mass is 28.3. The minimum absolute atomic E-state index is 0.527. The molecule has 2 N–H and O–H groups in total. The summed E-state index contributed by atoms with van der Waals surface area (Å²) in [4.78, 5) is 0. The number of fused-ring (bicyclic) bond motifs is 3. The van der Waals surface area contributed by atoms with E-state index in [-0.39, 0.29) is 0 Å². The SMILES string of the molecule is OB(O)c1ccc2c(c1)-c1ccccc1[Si]2(c1ccccc1)c1ccccc1. The average Bonchev–Trinajstić information content (AvgIpc) is 3.06. The second-order valence-corrected chi connectivity index (χ2v) is 10.9. The fourth-order valence-electron chi connectivity index (χ4n) is 4.63. The van der Waals surface area contributed by atoms with Crippen molar-refractivity contribution in [2.24, 2.45) is 0 Å². The summed E-state index contributed by atoms with van der Waals surface area (Å²) < 4.78 is 0. The van der Waals surface area contributed by atoms with Crippen LogP contribution in [0.1, 0.15) is 0 Å². The third-order valence-electron chi connectivity index (χ3n) is 5.78. The standard InChI is InChI=1S/C24H19BO2Si/c26-25(27)18-15-16-24-22(17-18)21-13-7-8-14-23(21)28(24,19-9-3-1-4-10-19)20-11-5-2-6-12-20/h1-17,26-27H. The van der Waals surface area contributed by atoms with Crippen LogP contribution in [-0.4, -0.2) is 25.2 Å². The molecule has 0 amide bonds. The molecule has 1 heterocycles. The summed E-state index contributed by atoms with van der Waals surface area (Å²) in [6.07, 6.45) is 0. The van der Waals surface area contributed by atoms with E-state index in [2.05, 4.69) is 91.0 Å². The molecule has 1 aliphatic heterocycles. The minimum Gasteiger partial charge on any atom is -0.423 e. The van der Waals surface area contributed by atoms with Crippen LogP contribution in [0.25, 0.3) is 11.1 Å². The number of hydrogen-bond donors (Lipinski definition) is 2. The van der Waals surface area contributed by atoms with Crippen LogP contribution in [0.2, 0.25) is 0 Å². The molecular formula is C24H19BO2Si. The van der Waals surface area contributed by atoms with E-state index in [1.54, 1.807) is 0 Å². The maximum absolute atomic E-state index is 9.73. The summed E-state index contributed by atoms with van der Waals surface area (Å²) in [6.45, 7) is 0. The molecule has 0 saturated carbocycles. The Morgan fingerprint density at radius 2 is 1.07 bits per heavy atom. The predicted molar refractivity (Wildman–Crippen MR) is 119 cm³/mol. The first-order chi connectivity index (χ1) is 13.7. The Hall–Kier alpha value is -2.92. The molecule has 0 radical (unpaired) electrons. The lowest BCUT2D eigenvalue weighted by Crippen LogP contribution is -2.72. The molecule has 5 rings (SSSR count). The summed E-state index contributed by atoms with van der Waals surface area (Å²) in [5.41, 5.74) is 2.83. The molecule has 0 atom stereocenters. The summed E-state index contributed by atoms with van der Waals surface area (Å²) in [5.74, 6) is 0. The molecule has 28 heavy (non-hydrogen) atoms. The van der Waals surface area contributed by atoms with Gasteiger partial charge in [0, 0.05) is 0 Å². The Labute approximate surface area is 165 Å². The zero-order valence-corrected chi connectivity index (χ0v) is 16.3. The molecule has 0 saturated heterocycles. The van der Waals surface area contributed by atoms with Crippen molar-refractivity contribution >= 4 is 41.4 Å². The van der Waals surface area contributed by atoms with Gasteiger partial charge in [0.2, 0.25) is 0 Å². The summed E-state index contributed by atoms with van der Waals surface area (Å²) in [5, 5.41) is 24.8. The molecule has 1 aliphatic rings. The molecule has 4 heteroatoms. The second-order valence-electron chi connectivity index (χ2n) is 7.21. The van der Waals surface area contributed by atoms with Gasteiger partial charge in [-0.05, 0) is 37.3 Å². The van der Waals surface area contributed by atoms with Crippen LogP contribution in [0, 0.1) is 0 Å². The summed E-state index contributed by atoms with van der Waals surface area (Å²) in [6, 6.07) is 36.0. The summed E-state index contributed by atoms with van der Waals surface area (Å²) in [7, 11) is -3.92. The van der Waals surface area contributed by atoms with Gasteiger partial charge in [-0.1, -0.05) is 103 Å². The Bertz CT molecular complexity index is 1100. The molecule has 0 bridgehead atoms. The highest BCUT2D eigenvalue weighted by Crippen LogP contribution is 2.27. The van der Waals surface area contributed by atoms with Crippen molar-refractivity contribution in [3.8, 4) is 11.1 Å². The van der Waals surface area contributed by atoms with Crippen molar-refractivity contribution in [1.82, 2.24) is 0 Å². The van der Waals surface area contributed by atoms with Crippen LogP contribution in [0.5, 0.6) is 0 Å². The van der Waals surface area contributed by atoms with Gasteiger partial charge in [-0.2, -0.15) is 0 Å². The second kappa shape index (κ2) is 6.60. The largest absolute Gasteiger partial charge is 0.488 e. The van der Waals surface area contributed by atoms with E-state index >= 15 is 0 Å². The van der Waals surface area contributed by atoms with Crippen LogP contribution in [0.3, 0.4) is 0 Å². The first-order valence-electron chi connectivity index (χ1n) is 9.44. The highest BCUT2D eigenvalue weighted by molar-refractivity contribution is 7.22. The van der Waals surface area contributed by atoms with Crippen molar-refractivity contribution in [2.45, 2.75) is 0 Å². The smallest absolute Gasteiger partial charge is 0.423 e. The minimum atomic E-state index is -2.45. The Morgan fingerprint density at radius 3 is 1.68 bits per heavy atom. The lowest BCUT2D eigenvalue weighted by molar-refractivity contribution is 0.426. The molecule has 0 aromatic heterocycles. The van der Waals surface area contributed by atoms with Crippen LogP contribution in [0.15, 0.2) is 103 Å². The quantitative estimate of drug-likeness (QED) is 0.455. The fourth-order valence-corrected chi connectivity index (χ4v) is 9.79. The maximum Gasteiger partial charge on any atom is 0.488 e. The summed E-state index contributed by atoms with van der Waals surface area (Å²) >= 11 is 0. The van der Waals surface area contributed by atoms with E-state index in [0.29, 0.717) is 5.46 Å². The first-order valence-corrected chi connectivity index (χ1v) is 11.4. The topological polar surface area (TPSA) is 40.5 Å². The van der Waals surface area contributed by atoms with E-state index in [1.807, 2.05) is 12.1 Å². The zero-order chi connectivity index (χ0) is 19.1. The fraction of sp³-hybridized carbons (Fsp3) is 0. The molecule has 134 valence electrons. The maximum atomic E-state index is 9.73. The van der Waals surface area contributed by atoms with Gasteiger partial charge < -0.3 is 10.0 Å². The van der Waals surface area contributed by atoms with Crippen LogP contribution >= 0.6 is 0 Å². The Kier molecular flexibility index (Phi) is 4.06. The number of benzene rings is 4. The molecule has 0 unspecified atom stereocenters. The Morgan fingerprint density at radius 1 is 0.536 bits per heavy atom. The third kappa shape index (κ3) is 2.36. The van der Waals surface area contributed by atoms with E-state index < -0.39 is 15.2 Å². The van der Waals surface area contributed by atoms with Gasteiger partial charge in [0.05, 0.1) is 0 Å². The highest BCUT2D eigenvalue weighted by Gasteiger charge is 2.48. The van der Waals surface area contributed by atoms with Crippen molar-refractivity contribution in [1.29, 1.82) is 0 Å². The van der Waals surface area contributed by atoms with Crippen LogP contribution in [-0.2, 0) is 0 Å². The third-order valence-corrected chi connectivity index (χ3v) is 10.7. The van der Waals surface area contributed by atoms with Gasteiger partial charge in [0.15, 0.2) is 8.07 Å². The van der Waals surface area contributed by atoms with Crippen molar-refractivity contribution < 1.29 is 10.0 Å². The molecule has 4 aromatic carbocycles. The lowest BCUT2D eigenvalue weighted by Gasteiger charge is -2.31. The van der Waals surface area contributed by atoms with Gasteiger partial charge in [0.25, 0.3) is 0 Å². The normalized spacial score (nSPS) is 13.6. The average molecular weight is 378 g/mol. The molecule has 0 aliphatic carbocycles. The predicted octanol–water partition coefficient (Wildman–Crippen LogP) is 0.724. The first kappa shape index (κ1) is 17.2. The molecule has 4 aromatic rings. The van der Waals surface area contributed by atoms with E-state index in [1.165, 1.54) is 26.3 Å². The van der Waals surface area contributed by atoms with Gasteiger partial charge >= 0.3 is 7.12 Å². The van der Waals surface area contributed by atoms with Gasteiger partial charge in [-0.25, -0.2) is 0 Å². The molecule has 0 fully saturated rings. The molecule has 2 nitrogen and oxygen atoms in total. The Balaban J connectivity index is 1.94. The van der Waals surface area contributed by atoms with E-state index in [9.17, 15) is 10.0 Å².